The van der Waals surface area contributed by atoms with Crippen molar-refractivity contribution in [2.45, 2.75) is 50.5 Å². The topological polar surface area (TPSA) is 148 Å². The normalized spacial score (nSPS) is 17.9. The Hall–Kier alpha value is -3.56. The highest BCUT2D eigenvalue weighted by Crippen LogP contribution is 2.45. The lowest BCUT2D eigenvalue weighted by Crippen LogP contribution is -2.73. The van der Waals surface area contributed by atoms with Gasteiger partial charge in [-0.1, -0.05) is 10.3 Å². The highest BCUT2D eigenvalue weighted by molar-refractivity contribution is 7.82. The van der Waals surface area contributed by atoms with Gasteiger partial charge < -0.3 is 15.5 Å². The number of likely N-dealkylation sites (tertiary alicyclic amines) is 1. The van der Waals surface area contributed by atoms with Gasteiger partial charge in [-0.15, -0.1) is 16.5 Å². The summed E-state index contributed by atoms with van der Waals surface area (Å²) in [5, 5.41) is 21.9. The average molecular weight is 671 g/mol. The number of carbonyl (C=O) groups is 1. The van der Waals surface area contributed by atoms with Gasteiger partial charge in [0.2, 0.25) is 10.0 Å². The van der Waals surface area contributed by atoms with Crippen LogP contribution < -0.4 is 10.0 Å². The van der Waals surface area contributed by atoms with Gasteiger partial charge in [0.1, 0.15) is 5.82 Å². The SMILES string of the molecule is CC(C)N1CC2(CN(c3cc(-c4nn(-c5nc(C(=O)O)cs5)c(CC5CC5)c4Cc4ccc([SH+](N)=O)c(F)c4)ccc3F)C2)C1.[OH-]. The highest BCUT2D eigenvalue weighted by atomic mass is 32.2. The summed E-state index contributed by atoms with van der Waals surface area (Å²) in [5.41, 5.74) is 4.33. The molecule has 0 amide bonds. The van der Waals surface area contributed by atoms with Crippen LogP contribution in [-0.2, 0) is 28.0 Å². The van der Waals surface area contributed by atoms with E-state index in [4.69, 9.17) is 10.2 Å². The van der Waals surface area contributed by atoms with Crippen LogP contribution in [0.25, 0.3) is 16.4 Å². The third-order valence-electron chi connectivity index (χ3n) is 9.21. The fourth-order valence-electron chi connectivity index (χ4n) is 6.59. The Labute approximate surface area is 271 Å². The Morgan fingerprint density at radius 2 is 1.87 bits per heavy atom. The second-order valence-electron chi connectivity index (χ2n) is 13.0. The summed E-state index contributed by atoms with van der Waals surface area (Å²) in [5.74, 6) is -1.61. The van der Waals surface area contributed by atoms with Crippen molar-refractivity contribution in [1.29, 1.82) is 0 Å². The van der Waals surface area contributed by atoms with Crippen LogP contribution in [0.4, 0.5) is 14.5 Å². The number of aromatic nitrogens is 3. The van der Waals surface area contributed by atoms with Crippen LogP contribution in [0.5, 0.6) is 0 Å². The first-order valence-corrected chi connectivity index (χ1v) is 17.3. The molecule has 46 heavy (non-hydrogen) atoms. The summed E-state index contributed by atoms with van der Waals surface area (Å²) < 4.78 is 43.7. The Bertz CT molecular complexity index is 1820. The molecule has 3 aliphatic rings. The predicted molar refractivity (Wildman–Crippen MR) is 172 cm³/mol. The number of thiol groups is 1. The van der Waals surface area contributed by atoms with Crippen molar-refractivity contribution in [2.75, 3.05) is 31.1 Å². The molecule has 1 saturated carbocycles. The van der Waals surface area contributed by atoms with E-state index in [0.29, 0.717) is 52.4 Å². The standard InChI is InChI=1S/C32H34F2N6O3S2.H2O/c1-18(2)38-14-32(15-38)16-39(17-32)27-12-21(6-7-23(27)33)29-22(9-20-5-8-28(45(35)43)24(34)10-20)26(11-19-3-4-19)40(37-29)31-36-25(13-44-31)30(41)42;/h5-8,10,12-13,18-19H,3-4,9,11,14-17H2,1-2H3,(H2,35,43)(H,41,42);1H2. The number of thiazole rings is 1. The van der Waals surface area contributed by atoms with Crippen LogP contribution in [-0.4, -0.2) is 68.4 Å². The number of hydrogen-bond donors (Lipinski definition) is 2. The molecule has 1 atom stereocenters. The summed E-state index contributed by atoms with van der Waals surface area (Å²) in [6.45, 7) is 7.99. The number of nitrogens with two attached hydrogens (primary N) is 1. The average Bonchev–Trinajstić information content (AvgIpc) is 3.50. The van der Waals surface area contributed by atoms with Crippen LogP contribution >= 0.6 is 11.3 Å². The molecule has 244 valence electrons. The van der Waals surface area contributed by atoms with E-state index in [9.17, 15) is 18.5 Å². The zero-order valence-corrected chi connectivity index (χ0v) is 27.2. The molecule has 0 radical (unpaired) electrons. The van der Waals surface area contributed by atoms with Crippen molar-refractivity contribution in [2.24, 2.45) is 16.5 Å². The van der Waals surface area contributed by atoms with Crippen molar-refractivity contribution in [3.8, 4) is 16.4 Å². The third kappa shape index (κ3) is 5.99. The number of carboxylic acids is 1. The number of benzene rings is 2. The molecule has 2 saturated heterocycles. The van der Waals surface area contributed by atoms with Crippen molar-refractivity contribution < 1.29 is 28.4 Å². The third-order valence-corrected chi connectivity index (χ3v) is 10.9. The van der Waals surface area contributed by atoms with E-state index >= 15 is 4.39 Å². The van der Waals surface area contributed by atoms with E-state index in [-0.39, 0.29) is 27.3 Å². The smallest absolute Gasteiger partial charge is 0.355 e. The van der Waals surface area contributed by atoms with Gasteiger partial charge in [0, 0.05) is 60.6 Å². The number of aromatic carboxylic acids is 1. The molecular formula is C32H36F2N6O4S2. The fraction of sp³-hybridized carbons (Fsp3) is 0.406. The molecule has 2 aliphatic heterocycles. The maximum absolute atomic E-state index is 15.3. The maximum atomic E-state index is 15.3. The van der Waals surface area contributed by atoms with Gasteiger partial charge >= 0.3 is 5.97 Å². The van der Waals surface area contributed by atoms with Gasteiger partial charge in [-0.25, -0.2) is 23.2 Å². The summed E-state index contributed by atoms with van der Waals surface area (Å²) in [6, 6.07) is 10.0. The van der Waals surface area contributed by atoms with E-state index < -0.39 is 22.8 Å². The number of carboxylic acid groups (broad SMARTS) is 1. The molecule has 1 spiro atoms. The molecule has 1 aliphatic carbocycles. The van der Waals surface area contributed by atoms with Crippen LogP contribution in [0.1, 0.15) is 54.0 Å². The first kappa shape index (κ1) is 32.4. The molecule has 14 heteroatoms. The molecule has 4 heterocycles. The lowest BCUT2D eigenvalue weighted by molar-refractivity contribution is -0.0413. The molecule has 4 aromatic rings. The van der Waals surface area contributed by atoms with Crippen molar-refractivity contribution in [1.82, 2.24) is 19.7 Å². The fourth-order valence-corrected chi connectivity index (χ4v) is 7.85. The van der Waals surface area contributed by atoms with Crippen LogP contribution in [0, 0.1) is 23.0 Å². The van der Waals surface area contributed by atoms with E-state index in [2.05, 4.69) is 28.6 Å². The van der Waals surface area contributed by atoms with Crippen LogP contribution in [0.15, 0.2) is 46.7 Å². The molecular weight excluding hydrogens is 635 g/mol. The Kier molecular flexibility index (Phi) is 8.61. The Balaban J connectivity index is 0.00000372. The summed E-state index contributed by atoms with van der Waals surface area (Å²) in [6.07, 6.45) is 3.12. The van der Waals surface area contributed by atoms with E-state index in [1.807, 2.05) is 6.07 Å². The monoisotopic (exact) mass is 670 g/mol. The molecule has 3 fully saturated rings. The molecule has 7 rings (SSSR count). The zero-order chi connectivity index (χ0) is 31.6. The van der Waals surface area contributed by atoms with Crippen molar-refractivity contribution >= 4 is 34.0 Å². The van der Waals surface area contributed by atoms with Crippen molar-refractivity contribution in [3.05, 3.63) is 75.9 Å². The van der Waals surface area contributed by atoms with Gasteiger partial charge in [0.25, 0.3) is 0 Å². The van der Waals surface area contributed by atoms with E-state index in [1.165, 1.54) is 34.9 Å². The predicted octanol–water partition coefficient (Wildman–Crippen LogP) is 4.80. The minimum atomic E-state index is -2.33. The number of nitrogens with zero attached hydrogens (tertiary/aromatic N) is 5. The van der Waals surface area contributed by atoms with Crippen LogP contribution in [0.3, 0.4) is 0 Å². The van der Waals surface area contributed by atoms with Crippen molar-refractivity contribution in [3.63, 3.8) is 0 Å². The minimum absolute atomic E-state index is 0. The van der Waals surface area contributed by atoms with Crippen LogP contribution in [0.2, 0.25) is 0 Å². The molecule has 4 N–H and O–H groups in total. The number of anilines is 1. The molecule has 1 unspecified atom stereocenters. The van der Waals surface area contributed by atoms with Gasteiger partial charge in [-0.2, -0.15) is 5.10 Å². The van der Waals surface area contributed by atoms with E-state index in [1.54, 1.807) is 16.8 Å². The minimum Gasteiger partial charge on any atom is -0.870 e. The summed E-state index contributed by atoms with van der Waals surface area (Å²) in [7, 11) is -2.33. The maximum Gasteiger partial charge on any atom is 0.355 e. The zero-order valence-electron chi connectivity index (χ0n) is 25.5. The highest BCUT2D eigenvalue weighted by Gasteiger charge is 2.52. The van der Waals surface area contributed by atoms with Gasteiger partial charge in [0.05, 0.1) is 17.1 Å². The van der Waals surface area contributed by atoms with E-state index in [0.717, 1.165) is 50.3 Å². The molecule has 2 aromatic carbocycles. The second kappa shape index (κ2) is 12.2. The first-order valence-electron chi connectivity index (χ1n) is 15.1. The molecule has 0 bridgehead atoms. The quantitative estimate of drug-likeness (QED) is 0.181. The first-order chi connectivity index (χ1) is 21.5. The Morgan fingerprint density at radius 3 is 2.48 bits per heavy atom. The molecule has 10 nitrogen and oxygen atoms in total. The lowest BCUT2D eigenvalue weighted by Gasteiger charge is -2.62. The number of hydrogen-bond acceptors (Lipinski definition) is 8. The van der Waals surface area contributed by atoms with Gasteiger partial charge in [-0.3, -0.25) is 4.90 Å². The number of rotatable bonds is 10. The van der Waals surface area contributed by atoms with Gasteiger partial charge in [0.15, 0.2) is 22.5 Å². The summed E-state index contributed by atoms with van der Waals surface area (Å²) >= 11 is 1.19. The second-order valence-corrected chi connectivity index (χ2v) is 14.9. The number of halogens is 2. The van der Waals surface area contributed by atoms with Gasteiger partial charge in [-0.05, 0) is 74.9 Å². The summed E-state index contributed by atoms with van der Waals surface area (Å²) in [4.78, 5) is 20.5. The molecule has 2 aromatic heterocycles. The Morgan fingerprint density at radius 1 is 1.13 bits per heavy atom. The lowest BCUT2D eigenvalue weighted by atomic mass is 9.72. The largest absolute Gasteiger partial charge is 0.870 e.